The van der Waals surface area contributed by atoms with Crippen molar-refractivity contribution in [2.24, 2.45) is 0 Å². The molecule has 0 amide bonds. The van der Waals surface area contributed by atoms with Gasteiger partial charge in [0.05, 0.1) is 6.42 Å². The fourth-order valence-electron chi connectivity index (χ4n) is 1.16. The van der Waals surface area contributed by atoms with Crippen molar-refractivity contribution in [2.75, 3.05) is 0 Å². The molecule has 0 radical (unpaired) electrons. The lowest BCUT2D eigenvalue weighted by atomic mass is 10.1. The number of hydrogen-bond donors (Lipinski definition) is 1. The van der Waals surface area contributed by atoms with Crippen LogP contribution < -0.4 is 0 Å². The van der Waals surface area contributed by atoms with Crippen LogP contribution >= 0.6 is 22.6 Å². The van der Waals surface area contributed by atoms with Gasteiger partial charge in [-0.25, -0.2) is 13.8 Å². The van der Waals surface area contributed by atoms with E-state index in [2.05, 4.69) is 4.98 Å². The average Bonchev–Trinajstić information content (AvgIpc) is 2.10. The zero-order valence-corrected chi connectivity index (χ0v) is 9.96. The first-order valence-electron chi connectivity index (χ1n) is 4.07. The van der Waals surface area contributed by atoms with Gasteiger partial charge in [-0.15, -0.1) is 0 Å². The maximum atomic E-state index is 12.3. The molecule has 3 nitrogen and oxygen atoms in total. The van der Waals surface area contributed by atoms with Gasteiger partial charge in [-0.05, 0) is 46.7 Å². The first kappa shape index (κ1) is 12.3. The second-order valence-electron chi connectivity index (χ2n) is 3.00. The number of aliphatic carboxylic acids is 1. The topological polar surface area (TPSA) is 50.2 Å². The van der Waals surface area contributed by atoms with E-state index in [0.717, 1.165) is 0 Å². The number of aryl methyl sites for hydroxylation is 1. The van der Waals surface area contributed by atoms with Crippen LogP contribution in [0.4, 0.5) is 8.78 Å². The summed E-state index contributed by atoms with van der Waals surface area (Å²) in [7, 11) is 0. The van der Waals surface area contributed by atoms with Crippen LogP contribution in [-0.2, 0) is 11.2 Å². The molecule has 0 saturated carbocycles. The van der Waals surface area contributed by atoms with Crippen LogP contribution in [0.3, 0.4) is 0 Å². The van der Waals surface area contributed by atoms with Crippen LogP contribution in [0.1, 0.15) is 23.2 Å². The molecule has 1 aromatic heterocycles. The molecular formula is C9H8F2INO2. The van der Waals surface area contributed by atoms with Gasteiger partial charge in [0.2, 0.25) is 0 Å². The van der Waals surface area contributed by atoms with Crippen molar-refractivity contribution >= 4 is 28.6 Å². The first-order chi connectivity index (χ1) is 6.91. The van der Waals surface area contributed by atoms with Crippen molar-refractivity contribution in [1.29, 1.82) is 0 Å². The number of carbonyl (C=O) groups is 1. The van der Waals surface area contributed by atoms with Crippen molar-refractivity contribution in [2.45, 2.75) is 19.8 Å². The smallest absolute Gasteiger partial charge is 0.307 e. The molecule has 0 fully saturated rings. The molecule has 1 N–H and O–H groups in total. The van der Waals surface area contributed by atoms with Gasteiger partial charge >= 0.3 is 5.97 Å². The van der Waals surface area contributed by atoms with Crippen molar-refractivity contribution in [3.05, 3.63) is 26.6 Å². The summed E-state index contributed by atoms with van der Waals surface area (Å²) in [6, 6.07) is 1.23. The van der Waals surface area contributed by atoms with E-state index < -0.39 is 12.4 Å². The van der Waals surface area contributed by atoms with E-state index in [1.54, 1.807) is 29.5 Å². The molecule has 15 heavy (non-hydrogen) atoms. The van der Waals surface area contributed by atoms with Crippen LogP contribution in [0.15, 0.2) is 6.07 Å². The van der Waals surface area contributed by atoms with Gasteiger partial charge in [0.1, 0.15) is 9.39 Å². The van der Waals surface area contributed by atoms with Gasteiger partial charge < -0.3 is 5.11 Å². The lowest BCUT2D eigenvalue weighted by Gasteiger charge is -2.08. The van der Waals surface area contributed by atoms with E-state index in [0.29, 0.717) is 14.8 Å². The Hall–Kier alpha value is -0.790. The molecular weight excluding hydrogens is 319 g/mol. The van der Waals surface area contributed by atoms with Crippen LogP contribution in [-0.4, -0.2) is 16.1 Å². The summed E-state index contributed by atoms with van der Waals surface area (Å²) in [6.07, 6.45) is -2.82. The zero-order chi connectivity index (χ0) is 11.6. The van der Waals surface area contributed by atoms with Crippen molar-refractivity contribution in [3.8, 4) is 0 Å². The minimum absolute atomic E-state index is 0.194. The Bertz CT molecular complexity index is 373. The number of nitrogens with zero attached hydrogens (tertiary/aromatic N) is 1. The van der Waals surface area contributed by atoms with E-state index in [4.69, 9.17) is 5.11 Å². The summed E-state index contributed by atoms with van der Waals surface area (Å²) < 4.78 is 25.0. The molecule has 0 aliphatic heterocycles. The van der Waals surface area contributed by atoms with Gasteiger partial charge in [0, 0.05) is 0 Å². The molecule has 0 saturated heterocycles. The zero-order valence-electron chi connectivity index (χ0n) is 7.80. The number of hydrogen-bond acceptors (Lipinski definition) is 2. The van der Waals surface area contributed by atoms with E-state index in [9.17, 15) is 13.6 Å². The third-order valence-electron chi connectivity index (χ3n) is 1.87. The van der Waals surface area contributed by atoms with Crippen LogP contribution in [0.25, 0.3) is 0 Å². The molecule has 1 heterocycles. The molecule has 0 aliphatic rings. The molecule has 0 spiro atoms. The summed E-state index contributed by atoms with van der Waals surface area (Å²) in [5.41, 5.74) is 0.714. The normalized spacial score (nSPS) is 10.7. The number of alkyl halides is 2. The number of carboxylic acids is 1. The molecule has 1 rings (SSSR count). The van der Waals surface area contributed by atoms with Crippen molar-refractivity contribution in [3.63, 3.8) is 0 Å². The van der Waals surface area contributed by atoms with Crippen molar-refractivity contribution in [1.82, 2.24) is 4.98 Å². The summed E-state index contributed by atoms with van der Waals surface area (Å²) in [6.45, 7) is 1.61. The molecule has 1 aromatic rings. The quantitative estimate of drug-likeness (QED) is 0.686. The predicted octanol–water partition coefficient (Wildman–Crippen LogP) is 2.56. The van der Waals surface area contributed by atoms with Gasteiger partial charge in [-0.1, -0.05) is 0 Å². The Morgan fingerprint density at radius 3 is 2.67 bits per heavy atom. The van der Waals surface area contributed by atoms with Crippen LogP contribution in [0.5, 0.6) is 0 Å². The summed E-state index contributed by atoms with van der Waals surface area (Å²) in [4.78, 5) is 14.2. The second kappa shape index (κ2) is 4.82. The monoisotopic (exact) mass is 327 g/mol. The highest BCUT2D eigenvalue weighted by molar-refractivity contribution is 14.1. The maximum absolute atomic E-state index is 12.3. The predicted molar refractivity (Wildman–Crippen MR) is 58.0 cm³/mol. The standard InChI is InChI=1S/C9H8F2INO2/c1-4-2-6(8(10)11)13-9(12)5(4)3-7(14)15/h2,8H,3H2,1H3,(H,14,15). The van der Waals surface area contributed by atoms with Gasteiger partial charge in [-0.3, -0.25) is 4.79 Å². The van der Waals surface area contributed by atoms with E-state index in [1.165, 1.54) is 6.07 Å². The maximum Gasteiger partial charge on any atom is 0.307 e. The van der Waals surface area contributed by atoms with Gasteiger partial charge in [0.15, 0.2) is 0 Å². The first-order valence-corrected chi connectivity index (χ1v) is 5.15. The molecule has 0 bridgehead atoms. The fraction of sp³-hybridized carbons (Fsp3) is 0.333. The highest BCUT2D eigenvalue weighted by Crippen LogP contribution is 2.23. The van der Waals surface area contributed by atoms with Gasteiger partial charge in [-0.2, -0.15) is 0 Å². The lowest BCUT2D eigenvalue weighted by molar-refractivity contribution is -0.136. The fourth-order valence-corrected chi connectivity index (χ4v) is 2.05. The highest BCUT2D eigenvalue weighted by atomic mass is 127. The Kier molecular flexibility index (Phi) is 3.95. The summed E-state index contributed by atoms with van der Waals surface area (Å²) >= 11 is 1.77. The Labute approximate surface area is 98.7 Å². The number of carboxylic acid groups (broad SMARTS) is 1. The Balaban J connectivity index is 3.15. The number of aromatic nitrogens is 1. The number of pyridine rings is 1. The highest BCUT2D eigenvalue weighted by Gasteiger charge is 2.15. The number of rotatable bonds is 3. The molecule has 0 aliphatic carbocycles. The lowest BCUT2D eigenvalue weighted by Crippen LogP contribution is -2.07. The Morgan fingerprint density at radius 2 is 2.27 bits per heavy atom. The number of halogens is 3. The van der Waals surface area contributed by atoms with E-state index in [-0.39, 0.29) is 12.1 Å². The minimum Gasteiger partial charge on any atom is -0.481 e. The van der Waals surface area contributed by atoms with Crippen LogP contribution in [0, 0.1) is 10.6 Å². The molecule has 82 valence electrons. The van der Waals surface area contributed by atoms with Gasteiger partial charge in [0.25, 0.3) is 6.43 Å². The summed E-state index contributed by atoms with van der Waals surface area (Å²) in [5, 5.41) is 8.62. The molecule has 6 heteroatoms. The summed E-state index contributed by atoms with van der Waals surface area (Å²) in [5.74, 6) is -0.998. The Morgan fingerprint density at radius 1 is 1.67 bits per heavy atom. The second-order valence-corrected chi connectivity index (χ2v) is 4.03. The van der Waals surface area contributed by atoms with Crippen LogP contribution in [0.2, 0.25) is 0 Å². The average molecular weight is 327 g/mol. The molecule has 0 atom stereocenters. The third-order valence-corrected chi connectivity index (χ3v) is 2.76. The van der Waals surface area contributed by atoms with E-state index >= 15 is 0 Å². The molecule has 0 unspecified atom stereocenters. The van der Waals surface area contributed by atoms with Crippen molar-refractivity contribution < 1.29 is 18.7 Å². The van der Waals surface area contributed by atoms with E-state index in [1.807, 2.05) is 0 Å². The largest absolute Gasteiger partial charge is 0.481 e. The molecule has 0 aromatic carbocycles. The SMILES string of the molecule is Cc1cc(C(F)F)nc(I)c1CC(=O)O. The third kappa shape index (κ3) is 3.08. The minimum atomic E-state index is -2.63.